The maximum atomic E-state index is 12.2. The first-order valence-electron chi connectivity index (χ1n) is 10.0. The Hall–Kier alpha value is -2.58. The molecular formula is C22H27ClN2O5S. The van der Waals surface area contributed by atoms with Gasteiger partial charge in [-0.05, 0) is 55.3 Å². The molecule has 0 aromatic heterocycles. The lowest BCUT2D eigenvalue weighted by Gasteiger charge is -2.22. The molecule has 168 valence electrons. The molecule has 0 heterocycles. The van der Waals surface area contributed by atoms with Crippen LogP contribution in [0.3, 0.4) is 0 Å². The zero-order valence-corrected chi connectivity index (χ0v) is 19.2. The van der Waals surface area contributed by atoms with Crippen molar-refractivity contribution in [1.82, 2.24) is 0 Å². The van der Waals surface area contributed by atoms with Gasteiger partial charge in [0, 0.05) is 23.7 Å². The van der Waals surface area contributed by atoms with Gasteiger partial charge in [-0.25, -0.2) is 13.2 Å². The molecular weight excluding hydrogens is 440 g/mol. The van der Waals surface area contributed by atoms with Crippen molar-refractivity contribution in [3.05, 3.63) is 59.1 Å². The van der Waals surface area contributed by atoms with Crippen LogP contribution in [0, 0.1) is 0 Å². The lowest BCUT2D eigenvalue weighted by molar-refractivity contribution is -0.116. The molecule has 0 bridgehead atoms. The lowest BCUT2D eigenvalue weighted by Crippen LogP contribution is -2.31. The summed E-state index contributed by atoms with van der Waals surface area (Å²) in [7, 11) is -3.51. The number of benzene rings is 2. The van der Waals surface area contributed by atoms with E-state index in [1.165, 1.54) is 4.31 Å². The number of rotatable bonds is 11. The maximum absolute atomic E-state index is 12.2. The molecule has 0 atom stereocenters. The molecule has 0 aliphatic rings. The summed E-state index contributed by atoms with van der Waals surface area (Å²) in [4.78, 5) is 24.1. The summed E-state index contributed by atoms with van der Waals surface area (Å²) in [6.07, 6.45) is 3.33. The number of ether oxygens (including phenoxy) is 1. The molecule has 0 saturated heterocycles. The van der Waals surface area contributed by atoms with Crippen LogP contribution in [0.5, 0.6) is 0 Å². The third-order valence-electron chi connectivity index (χ3n) is 4.40. The Bertz CT molecular complexity index is 993. The zero-order valence-electron chi connectivity index (χ0n) is 17.6. The second-order valence-electron chi connectivity index (χ2n) is 7.03. The number of unbranched alkanes of at least 4 members (excludes halogenated alkanes) is 1. The number of anilines is 2. The summed E-state index contributed by atoms with van der Waals surface area (Å²) in [5, 5.41) is 3.17. The van der Waals surface area contributed by atoms with Gasteiger partial charge in [0.2, 0.25) is 15.9 Å². The summed E-state index contributed by atoms with van der Waals surface area (Å²) in [5.41, 5.74) is 1.42. The largest absolute Gasteiger partial charge is 0.462 e. The Morgan fingerprint density at radius 2 is 1.81 bits per heavy atom. The standard InChI is InChI=1S/C22H27ClN2O5S/c1-3-4-15-30-22(27)17-10-12-19(13-11-17)24-21(26)9-6-14-25(31(2,28)29)20-8-5-7-18(23)16-20/h5,7-8,10-13,16H,3-4,6,9,14-15H2,1-2H3,(H,24,26). The van der Waals surface area contributed by atoms with Gasteiger partial charge in [-0.3, -0.25) is 9.10 Å². The van der Waals surface area contributed by atoms with Crippen LogP contribution in [0.4, 0.5) is 11.4 Å². The van der Waals surface area contributed by atoms with Crippen molar-refractivity contribution in [2.24, 2.45) is 0 Å². The predicted octanol–water partition coefficient (Wildman–Crippen LogP) is 4.48. The van der Waals surface area contributed by atoms with Crippen LogP contribution >= 0.6 is 11.6 Å². The molecule has 2 aromatic carbocycles. The van der Waals surface area contributed by atoms with Crippen LogP contribution in [0.25, 0.3) is 0 Å². The van der Waals surface area contributed by atoms with Crippen molar-refractivity contribution >= 4 is 44.9 Å². The zero-order chi connectivity index (χ0) is 22.9. The van der Waals surface area contributed by atoms with Gasteiger partial charge in [-0.1, -0.05) is 31.0 Å². The van der Waals surface area contributed by atoms with Gasteiger partial charge >= 0.3 is 5.97 Å². The molecule has 7 nitrogen and oxygen atoms in total. The van der Waals surface area contributed by atoms with E-state index in [0.29, 0.717) is 35.0 Å². The number of amides is 1. The molecule has 0 saturated carbocycles. The molecule has 2 aromatic rings. The first-order valence-corrected chi connectivity index (χ1v) is 12.2. The molecule has 0 aliphatic carbocycles. The minimum Gasteiger partial charge on any atom is -0.462 e. The van der Waals surface area contributed by atoms with Crippen LogP contribution < -0.4 is 9.62 Å². The molecule has 0 aliphatic heterocycles. The summed E-state index contributed by atoms with van der Waals surface area (Å²) in [6.45, 7) is 2.55. The first-order chi connectivity index (χ1) is 14.7. The highest BCUT2D eigenvalue weighted by Gasteiger charge is 2.18. The van der Waals surface area contributed by atoms with E-state index in [1.807, 2.05) is 6.92 Å². The fraction of sp³-hybridized carbons (Fsp3) is 0.364. The fourth-order valence-corrected chi connectivity index (χ4v) is 3.95. The Kier molecular flexibility index (Phi) is 9.33. The van der Waals surface area contributed by atoms with E-state index < -0.39 is 16.0 Å². The molecule has 0 fully saturated rings. The average Bonchev–Trinajstić information content (AvgIpc) is 2.71. The van der Waals surface area contributed by atoms with E-state index in [0.717, 1.165) is 19.1 Å². The third kappa shape index (κ3) is 8.22. The third-order valence-corrected chi connectivity index (χ3v) is 5.83. The number of carbonyl (C=O) groups excluding carboxylic acids is 2. The van der Waals surface area contributed by atoms with Gasteiger partial charge in [0.15, 0.2) is 0 Å². The number of carbonyl (C=O) groups is 2. The Morgan fingerprint density at radius 3 is 2.42 bits per heavy atom. The second-order valence-corrected chi connectivity index (χ2v) is 9.38. The SMILES string of the molecule is CCCCOC(=O)c1ccc(NC(=O)CCCN(c2cccc(Cl)c2)S(C)(=O)=O)cc1. The van der Waals surface area contributed by atoms with Crippen molar-refractivity contribution in [3.63, 3.8) is 0 Å². The number of nitrogens with one attached hydrogen (secondary N) is 1. The fourth-order valence-electron chi connectivity index (χ4n) is 2.81. The molecule has 2 rings (SSSR count). The normalized spacial score (nSPS) is 11.1. The van der Waals surface area contributed by atoms with Crippen LogP contribution in [0.15, 0.2) is 48.5 Å². The number of hydrogen-bond donors (Lipinski definition) is 1. The van der Waals surface area contributed by atoms with Crippen molar-refractivity contribution in [1.29, 1.82) is 0 Å². The monoisotopic (exact) mass is 466 g/mol. The van der Waals surface area contributed by atoms with Crippen molar-refractivity contribution in [3.8, 4) is 0 Å². The molecule has 0 radical (unpaired) electrons. The molecule has 9 heteroatoms. The highest BCUT2D eigenvalue weighted by atomic mass is 35.5. The van der Waals surface area contributed by atoms with E-state index >= 15 is 0 Å². The Labute approximate surface area is 188 Å². The van der Waals surface area contributed by atoms with E-state index in [4.69, 9.17) is 16.3 Å². The van der Waals surface area contributed by atoms with Gasteiger partial charge in [-0.15, -0.1) is 0 Å². The van der Waals surface area contributed by atoms with E-state index in [2.05, 4.69) is 5.32 Å². The summed E-state index contributed by atoms with van der Waals surface area (Å²) >= 11 is 5.96. The molecule has 1 N–H and O–H groups in total. The minimum atomic E-state index is -3.51. The number of nitrogens with zero attached hydrogens (tertiary/aromatic N) is 1. The van der Waals surface area contributed by atoms with Crippen LogP contribution in [-0.2, 0) is 19.6 Å². The smallest absolute Gasteiger partial charge is 0.338 e. The van der Waals surface area contributed by atoms with Gasteiger partial charge in [-0.2, -0.15) is 0 Å². The Morgan fingerprint density at radius 1 is 1.10 bits per heavy atom. The Balaban J connectivity index is 1.87. The van der Waals surface area contributed by atoms with Gasteiger partial charge in [0.1, 0.15) is 0 Å². The summed E-state index contributed by atoms with van der Waals surface area (Å²) < 4.78 is 30.6. The summed E-state index contributed by atoms with van der Waals surface area (Å²) in [6, 6.07) is 13.0. The van der Waals surface area contributed by atoms with Crippen LogP contribution in [0.1, 0.15) is 43.0 Å². The predicted molar refractivity (Wildman–Crippen MR) is 123 cm³/mol. The number of hydrogen-bond acceptors (Lipinski definition) is 5. The quantitative estimate of drug-likeness (QED) is 0.389. The molecule has 0 unspecified atom stereocenters. The van der Waals surface area contributed by atoms with Crippen molar-refractivity contribution in [2.45, 2.75) is 32.6 Å². The first kappa shape index (κ1) is 24.7. The molecule has 1 amide bonds. The van der Waals surface area contributed by atoms with E-state index in [9.17, 15) is 18.0 Å². The van der Waals surface area contributed by atoms with E-state index in [-0.39, 0.29) is 18.9 Å². The number of sulfonamides is 1. The molecule has 0 spiro atoms. The van der Waals surface area contributed by atoms with E-state index in [1.54, 1.807) is 48.5 Å². The van der Waals surface area contributed by atoms with Crippen LogP contribution in [-0.4, -0.2) is 39.7 Å². The average molecular weight is 467 g/mol. The van der Waals surface area contributed by atoms with Gasteiger partial charge < -0.3 is 10.1 Å². The van der Waals surface area contributed by atoms with Crippen LogP contribution in [0.2, 0.25) is 5.02 Å². The number of halogens is 1. The lowest BCUT2D eigenvalue weighted by atomic mass is 10.2. The van der Waals surface area contributed by atoms with Gasteiger partial charge in [0.25, 0.3) is 0 Å². The maximum Gasteiger partial charge on any atom is 0.338 e. The minimum absolute atomic E-state index is 0.132. The van der Waals surface area contributed by atoms with Gasteiger partial charge in [0.05, 0.1) is 24.1 Å². The van der Waals surface area contributed by atoms with Crippen molar-refractivity contribution in [2.75, 3.05) is 29.0 Å². The van der Waals surface area contributed by atoms with Crippen molar-refractivity contribution < 1.29 is 22.7 Å². The number of esters is 1. The topological polar surface area (TPSA) is 92.8 Å². The highest BCUT2D eigenvalue weighted by Crippen LogP contribution is 2.22. The summed E-state index contributed by atoms with van der Waals surface area (Å²) in [5.74, 6) is -0.647. The molecule has 31 heavy (non-hydrogen) atoms. The second kappa shape index (κ2) is 11.7. The highest BCUT2D eigenvalue weighted by molar-refractivity contribution is 7.92.